The first kappa shape index (κ1) is 19.0. The number of morpholine rings is 1. The molecule has 0 spiro atoms. The molecule has 1 heterocycles. The fraction of sp³-hybridized carbons (Fsp3) is 0.316. The van der Waals surface area contributed by atoms with Crippen molar-refractivity contribution >= 4 is 44.8 Å². The maximum atomic E-state index is 12.4. The molecule has 0 radical (unpaired) electrons. The molecule has 1 amide bonds. The average molecular weight is 440 g/mol. The van der Waals surface area contributed by atoms with Gasteiger partial charge in [-0.15, -0.1) is 0 Å². The zero-order valence-electron chi connectivity index (χ0n) is 14.4. The van der Waals surface area contributed by atoms with E-state index in [1.54, 1.807) is 25.1 Å². The molecule has 3 rings (SSSR count). The predicted molar refractivity (Wildman–Crippen MR) is 107 cm³/mol. The fourth-order valence-corrected chi connectivity index (χ4v) is 3.41. The molecular formula is C19H20BrClN2O3. The molecule has 0 bridgehead atoms. The second kappa shape index (κ2) is 8.75. The van der Waals surface area contributed by atoms with Crippen LogP contribution in [-0.2, 0) is 9.53 Å². The molecule has 1 aliphatic rings. The van der Waals surface area contributed by atoms with E-state index in [9.17, 15) is 4.79 Å². The highest BCUT2D eigenvalue weighted by Crippen LogP contribution is 2.29. The minimum Gasteiger partial charge on any atom is -0.480 e. The van der Waals surface area contributed by atoms with Crippen LogP contribution in [0.15, 0.2) is 46.9 Å². The molecule has 7 heteroatoms. The van der Waals surface area contributed by atoms with Gasteiger partial charge in [0.15, 0.2) is 6.10 Å². The third-order valence-electron chi connectivity index (χ3n) is 4.08. The molecule has 138 valence electrons. The second-order valence-corrected chi connectivity index (χ2v) is 7.26. The SMILES string of the molecule is CC(Oc1ccc(Cl)cc1Br)C(=O)Nc1ccc(N2CCOCC2)cc1. The Bertz CT molecular complexity index is 764. The van der Waals surface area contributed by atoms with Crippen LogP contribution in [0, 0.1) is 0 Å². The first-order chi connectivity index (χ1) is 12.5. The van der Waals surface area contributed by atoms with Crippen LogP contribution in [0.2, 0.25) is 5.02 Å². The number of rotatable bonds is 5. The highest BCUT2D eigenvalue weighted by Gasteiger charge is 2.17. The Balaban J connectivity index is 1.58. The smallest absolute Gasteiger partial charge is 0.265 e. The van der Waals surface area contributed by atoms with Gasteiger partial charge in [0.2, 0.25) is 0 Å². The van der Waals surface area contributed by atoms with Gasteiger partial charge in [-0.05, 0) is 65.3 Å². The average Bonchev–Trinajstić information content (AvgIpc) is 2.65. The number of nitrogens with one attached hydrogen (secondary N) is 1. The van der Waals surface area contributed by atoms with Gasteiger partial charge in [0, 0.05) is 29.5 Å². The van der Waals surface area contributed by atoms with Gasteiger partial charge >= 0.3 is 0 Å². The Morgan fingerprint density at radius 1 is 1.23 bits per heavy atom. The van der Waals surface area contributed by atoms with Gasteiger partial charge < -0.3 is 19.7 Å². The maximum absolute atomic E-state index is 12.4. The van der Waals surface area contributed by atoms with Gasteiger partial charge in [-0.25, -0.2) is 0 Å². The summed E-state index contributed by atoms with van der Waals surface area (Å²) in [6, 6.07) is 13.0. The molecule has 5 nitrogen and oxygen atoms in total. The number of nitrogens with zero attached hydrogens (tertiary/aromatic N) is 1. The van der Waals surface area contributed by atoms with Gasteiger partial charge in [-0.1, -0.05) is 11.6 Å². The number of hydrogen-bond donors (Lipinski definition) is 1. The van der Waals surface area contributed by atoms with Crippen LogP contribution in [-0.4, -0.2) is 38.3 Å². The summed E-state index contributed by atoms with van der Waals surface area (Å²) in [6.45, 7) is 4.96. The Morgan fingerprint density at radius 2 is 1.92 bits per heavy atom. The van der Waals surface area contributed by atoms with Gasteiger partial charge in [-0.3, -0.25) is 4.79 Å². The number of carbonyl (C=O) groups is 1. The number of benzene rings is 2. The molecule has 2 aromatic carbocycles. The summed E-state index contributed by atoms with van der Waals surface area (Å²) in [7, 11) is 0. The van der Waals surface area contributed by atoms with Crippen molar-refractivity contribution in [3.05, 3.63) is 52.0 Å². The first-order valence-corrected chi connectivity index (χ1v) is 9.55. The topological polar surface area (TPSA) is 50.8 Å². The Kier molecular flexibility index (Phi) is 6.40. The van der Waals surface area contributed by atoms with Crippen molar-refractivity contribution in [2.45, 2.75) is 13.0 Å². The quantitative estimate of drug-likeness (QED) is 0.753. The zero-order chi connectivity index (χ0) is 18.5. The van der Waals surface area contributed by atoms with Crippen molar-refractivity contribution in [1.82, 2.24) is 0 Å². The third-order valence-corrected chi connectivity index (χ3v) is 4.93. The monoisotopic (exact) mass is 438 g/mol. The lowest BCUT2D eigenvalue weighted by Crippen LogP contribution is -2.36. The maximum Gasteiger partial charge on any atom is 0.265 e. The normalized spacial score (nSPS) is 15.4. The van der Waals surface area contributed by atoms with Gasteiger partial charge in [0.05, 0.1) is 17.7 Å². The first-order valence-electron chi connectivity index (χ1n) is 8.38. The van der Waals surface area contributed by atoms with Gasteiger partial charge in [0.1, 0.15) is 5.75 Å². The van der Waals surface area contributed by atoms with E-state index in [0.29, 0.717) is 15.2 Å². The van der Waals surface area contributed by atoms with Crippen molar-refractivity contribution in [2.75, 3.05) is 36.5 Å². The van der Waals surface area contributed by atoms with Crippen molar-refractivity contribution in [2.24, 2.45) is 0 Å². The molecule has 2 aromatic rings. The highest BCUT2D eigenvalue weighted by atomic mass is 79.9. The molecule has 1 saturated heterocycles. The molecule has 26 heavy (non-hydrogen) atoms. The van der Waals surface area contributed by atoms with Crippen molar-refractivity contribution in [3.63, 3.8) is 0 Å². The van der Waals surface area contributed by atoms with Crippen LogP contribution in [0.4, 0.5) is 11.4 Å². The molecule has 0 aliphatic carbocycles. The van der Waals surface area contributed by atoms with Crippen LogP contribution in [0.5, 0.6) is 5.75 Å². The summed E-state index contributed by atoms with van der Waals surface area (Å²) in [6.07, 6.45) is -0.647. The van der Waals surface area contributed by atoms with E-state index in [1.807, 2.05) is 24.3 Å². The number of amides is 1. The van der Waals surface area contributed by atoms with Crippen LogP contribution in [0.3, 0.4) is 0 Å². The third kappa shape index (κ3) is 4.90. The standard InChI is InChI=1S/C19H20BrClN2O3/c1-13(26-18-7-2-14(21)12-17(18)20)19(24)22-15-3-5-16(6-4-15)23-8-10-25-11-9-23/h2-7,12-13H,8-11H2,1H3,(H,22,24). The molecule has 1 N–H and O–H groups in total. The molecule has 1 atom stereocenters. The van der Waals surface area contributed by atoms with Crippen LogP contribution >= 0.6 is 27.5 Å². The number of hydrogen-bond acceptors (Lipinski definition) is 4. The summed E-state index contributed by atoms with van der Waals surface area (Å²) in [4.78, 5) is 14.6. The van der Waals surface area contributed by atoms with E-state index in [4.69, 9.17) is 21.1 Å². The largest absolute Gasteiger partial charge is 0.480 e. The second-order valence-electron chi connectivity index (χ2n) is 5.97. The lowest BCUT2D eigenvalue weighted by Gasteiger charge is -2.29. The summed E-state index contributed by atoms with van der Waals surface area (Å²) in [5, 5.41) is 3.47. The lowest BCUT2D eigenvalue weighted by molar-refractivity contribution is -0.122. The molecule has 0 aromatic heterocycles. The van der Waals surface area contributed by atoms with E-state index in [0.717, 1.165) is 37.7 Å². The summed E-state index contributed by atoms with van der Waals surface area (Å²) < 4.78 is 11.8. The van der Waals surface area contributed by atoms with E-state index < -0.39 is 6.10 Å². The fourth-order valence-electron chi connectivity index (χ4n) is 2.64. The Morgan fingerprint density at radius 3 is 2.58 bits per heavy atom. The predicted octanol–water partition coefficient (Wildman–Crippen LogP) is 4.35. The van der Waals surface area contributed by atoms with Crippen molar-refractivity contribution in [3.8, 4) is 5.75 Å². The summed E-state index contributed by atoms with van der Waals surface area (Å²) in [5.41, 5.74) is 1.86. The Hall–Kier alpha value is -1.76. The van der Waals surface area contributed by atoms with Crippen LogP contribution in [0.25, 0.3) is 0 Å². The molecule has 1 fully saturated rings. The number of ether oxygens (including phenoxy) is 2. The van der Waals surface area contributed by atoms with E-state index in [2.05, 4.69) is 26.1 Å². The molecule has 1 unspecified atom stereocenters. The number of carbonyl (C=O) groups excluding carboxylic acids is 1. The van der Waals surface area contributed by atoms with Crippen LogP contribution in [0.1, 0.15) is 6.92 Å². The zero-order valence-corrected chi connectivity index (χ0v) is 16.7. The summed E-state index contributed by atoms with van der Waals surface area (Å²) in [5.74, 6) is 0.352. The Labute approximate surface area is 166 Å². The van der Waals surface area contributed by atoms with E-state index in [-0.39, 0.29) is 5.91 Å². The number of halogens is 2. The minimum atomic E-state index is -0.647. The summed E-state index contributed by atoms with van der Waals surface area (Å²) >= 11 is 9.30. The minimum absolute atomic E-state index is 0.217. The van der Waals surface area contributed by atoms with E-state index >= 15 is 0 Å². The van der Waals surface area contributed by atoms with Crippen molar-refractivity contribution < 1.29 is 14.3 Å². The van der Waals surface area contributed by atoms with E-state index in [1.165, 1.54) is 0 Å². The highest BCUT2D eigenvalue weighted by molar-refractivity contribution is 9.10. The van der Waals surface area contributed by atoms with Gasteiger partial charge in [-0.2, -0.15) is 0 Å². The van der Waals surface area contributed by atoms with Crippen LogP contribution < -0.4 is 15.0 Å². The lowest BCUT2D eigenvalue weighted by atomic mass is 10.2. The molecular weight excluding hydrogens is 420 g/mol. The molecule has 0 saturated carbocycles. The van der Waals surface area contributed by atoms with Gasteiger partial charge in [0.25, 0.3) is 5.91 Å². The number of anilines is 2. The van der Waals surface area contributed by atoms with Crippen molar-refractivity contribution in [1.29, 1.82) is 0 Å². The molecule has 1 aliphatic heterocycles.